The molecule has 0 radical (unpaired) electrons. The van der Waals surface area contributed by atoms with Crippen LogP contribution in [0.25, 0.3) is 0 Å². The number of carbonyl (C=O) groups is 2. The first-order valence-electron chi connectivity index (χ1n) is 19.1. The highest BCUT2D eigenvalue weighted by Gasteiger charge is 2.39. The summed E-state index contributed by atoms with van der Waals surface area (Å²) in [6.07, 6.45) is 5.08. The molecule has 0 bridgehead atoms. The van der Waals surface area contributed by atoms with Gasteiger partial charge in [-0.1, -0.05) is 12.1 Å². The molecule has 0 spiro atoms. The molecule has 12 nitrogen and oxygen atoms in total. The highest BCUT2D eigenvalue weighted by molar-refractivity contribution is 5.91. The number of likely N-dealkylation sites (N-methyl/N-ethyl adjacent to an activating group) is 1. The molecule has 1 saturated heterocycles. The van der Waals surface area contributed by atoms with Crippen molar-refractivity contribution in [3.63, 3.8) is 0 Å². The molecule has 0 saturated carbocycles. The summed E-state index contributed by atoms with van der Waals surface area (Å²) in [6.45, 7) is 6.65. The average molecular weight is 763 g/mol. The Kier molecular flexibility index (Phi) is 15.1. The molecular formula is C43H58N2O10+2. The van der Waals surface area contributed by atoms with Crippen molar-refractivity contribution in [1.82, 2.24) is 0 Å². The van der Waals surface area contributed by atoms with E-state index in [0.717, 1.165) is 90.3 Å². The van der Waals surface area contributed by atoms with Gasteiger partial charge in [0.25, 0.3) is 0 Å². The van der Waals surface area contributed by atoms with Crippen molar-refractivity contribution in [2.45, 2.75) is 51.5 Å². The zero-order valence-electron chi connectivity index (χ0n) is 32.8. The molecule has 55 heavy (non-hydrogen) atoms. The number of hydrogen-bond acceptors (Lipinski definition) is 10. The third kappa shape index (κ3) is 11.1. The summed E-state index contributed by atoms with van der Waals surface area (Å²) < 4.78 is 34.5. The number of benzene rings is 3. The normalized spacial score (nSPS) is 19.1. The minimum absolute atomic E-state index is 0.0350. The van der Waals surface area contributed by atoms with Crippen LogP contribution in [0, 0.1) is 0 Å². The lowest BCUT2D eigenvalue weighted by Gasteiger charge is -2.46. The minimum atomic E-state index is -0.591. The summed E-state index contributed by atoms with van der Waals surface area (Å²) in [7, 11) is 7.11. The molecule has 12 heteroatoms. The molecular weight excluding hydrogens is 704 g/mol. The average Bonchev–Trinajstić information content (AvgIpc) is 3.21. The first kappa shape index (κ1) is 41.7. The summed E-state index contributed by atoms with van der Waals surface area (Å²) in [5, 5.41) is 20.1. The van der Waals surface area contributed by atoms with Crippen LogP contribution in [0.3, 0.4) is 0 Å². The van der Waals surface area contributed by atoms with E-state index in [2.05, 4.69) is 19.2 Å². The summed E-state index contributed by atoms with van der Waals surface area (Å²) in [4.78, 5) is 25.0. The second kappa shape index (κ2) is 19.9. The van der Waals surface area contributed by atoms with Crippen molar-refractivity contribution < 1.29 is 57.2 Å². The maximum atomic E-state index is 12.6. The Morgan fingerprint density at radius 2 is 1.38 bits per heavy atom. The molecule has 3 aromatic carbocycles. The lowest BCUT2D eigenvalue weighted by molar-refractivity contribution is -0.947. The maximum absolute atomic E-state index is 12.6. The van der Waals surface area contributed by atoms with Gasteiger partial charge in [0.2, 0.25) is 0 Å². The fourth-order valence-corrected chi connectivity index (χ4v) is 7.99. The first-order valence-corrected chi connectivity index (χ1v) is 19.1. The van der Waals surface area contributed by atoms with Crippen LogP contribution in [0.15, 0.2) is 66.7 Å². The van der Waals surface area contributed by atoms with E-state index in [1.54, 1.807) is 21.3 Å². The molecule has 0 unspecified atom stereocenters. The largest absolute Gasteiger partial charge is 0.497 e. The van der Waals surface area contributed by atoms with Crippen molar-refractivity contribution in [2.24, 2.45) is 0 Å². The van der Waals surface area contributed by atoms with E-state index < -0.39 is 11.9 Å². The summed E-state index contributed by atoms with van der Waals surface area (Å²) >= 11 is 0. The Labute approximate surface area is 325 Å². The van der Waals surface area contributed by atoms with Gasteiger partial charge in [0.15, 0.2) is 11.5 Å². The van der Waals surface area contributed by atoms with E-state index in [9.17, 15) is 19.8 Å². The van der Waals surface area contributed by atoms with E-state index in [1.165, 1.54) is 11.1 Å². The predicted molar refractivity (Wildman–Crippen MR) is 207 cm³/mol. The van der Waals surface area contributed by atoms with Crippen LogP contribution >= 0.6 is 0 Å². The summed E-state index contributed by atoms with van der Waals surface area (Å²) in [6, 6.07) is 18.2. The van der Waals surface area contributed by atoms with Crippen molar-refractivity contribution >= 4 is 11.9 Å². The van der Waals surface area contributed by atoms with E-state index in [-0.39, 0.29) is 32.5 Å². The Morgan fingerprint density at radius 1 is 0.764 bits per heavy atom. The zero-order chi connectivity index (χ0) is 39.3. The van der Waals surface area contributed by atoms with E-state index in [1.807, 2.05) is 42.5 Å². The predicted octanol–water partition coefficient (Wildman–Crippen LogP) is 4.45. The van der Waals surface area contributed by atoms with E-state index in [4.69, 9.17) is 28.4 Å². The number of rotatable bonds is 19. The smallest absolute Gasteiger partial charge is 0.331 e. The Morgan fingerprint density at radius 3 is 2.00 bits per heavy atom. The van der Waals surface area contributed by atoms with E-state index in [0.29, 0.717) is 48.5 Å². The van der Waals surface area contributed by atoms with Gasteiger partial charge in [-0.2, -0.15) is 0 Å². The van der Waals surface area contributed by atoms with Crippen LogP contribution < -0.4 is 14.2 Å². The van der Waals surface area contributed by atoms with Crippen molar-refractivity contribution in [2.75, 3.05) is 87.5 Å². The summed E-state index contributed by atoms with van der Waals surface area (Å²) in [5.41, 5.74) is 6.08. The van der Waals surface area contributed by atoms with Gasteiger partial charge in [0, 0.05) is 49.0 Å². The molecule has 2 N–H and O–H groups in total. The van der Waals surface area contributed by atoms with Crippen molar-refractivity contribution in [3.05, 3.63) is 100 Å². The number of ether oxygens (including phenoxy) is 6. The second-order valence-electron chi connectivity index (χ2n) is 14.7. The Bertz CT molecular complexity index is 1750. The number of aliphatic hydroxyl groups is 2. The SMILES string of the molecule is COc1ccc(C[N+]2(CCCOC(=O)C=CC(=O)OCCC[N@+]3(C)CCc4cc(CO)c(CO)cc4[C@H]3Cc3ccc(OC)c(OC)c3)CCOCC2)cc1. The van der Waals surface area contributed by atoms with Gasteiger partial charge in [0.05, 0.1) is 87.7 Å². The molecule has 1 fully saturated rings. The maximum Gasteiger partial charge on any atom is 0.331 e. The number of methoxy groups -OCH3 is 3. The Balaban J connectivity index is 1.12. The molecule has 5 rings (SSSR count). The third-order valence-electron chi connectivity index (χ3n) is 11.2. The minimum Gasteiger partial charge on any atom is -0.497 e. The quantitative estimate of drug-likeness (QED) is 0.0783. The van der Waals surface area contributed by atoms with Gasteiger partial charge in [-0.05, 0) is 64.7 Å². The van der Waals surface area contributed by atoms with E-state index >= 15 is 0 Å². The molecule has 2 aliphatic heterocycles. The van der Waals surface area contributed by atoms with Crippen LogP contribution in [0.5, 0.6) is 17.2 Å². The fourth-order valence-electron chi connectivity index (χ4n) is 7.99. The number of esters is 2. The lowest BCUT2D eigenvalue weighted by Crippen LogP contribution is -2.55. The zero-order valence-corrected chi connectivity index (χ0v) is 32.8. The number of quaternary nitrogens is 2. The van der Waals surface area contributed by atoms with Crippen LogP contribution in [0.2, 0.25) is 0 Å². The molecule has 298 valence electrons. The van der Waals surface area contributed by atoms with Gasteiger partial charge in [0.1, 0.15) is 31.4 Å². The van der Waals surface area contributed by atoms with Gasteiger partial charge in [-0.25, -0.2) is 9.59 Å². The molecule has 0 aliphatic carbocycles. The number of hydrogen-bond donors (Lipinski definition) is 2. The number of aliphatic hydroxyl groups excluding tert-OH is 2. The first-order chi connectivity index (χ1) is 26.6. The van der Waals surface area contributed by atoms with Crippen molar-refractivity contribution in [3.8, 4) is 17.2 Å². The molecule has 0 amide bonds. The van der Waals surface area contributed by atoms with Crippen LogP contribution in [-0.4, -0.2) is 119 Å². The molecule has 2 aliphatic rings. The number of nitrogens with zero attached hydrogens (tertiary/aromatic N) is 2. The van der Waals surface area contributed by atoms with Crippen LogP contribution in [-0.2, 0) is 56.4 Å². The number of morpholine rings is 1. The highest BCUT2D eigenvalue weighted by Crippen LogP contribution is 2.40. The topological polar surface area (TPSA) is 130 Å². The monoisotopic (exact) mass is 762 g/mol. The van der Waals surface area contributed by atoms with Crippen LogP contribution in [0.4, 0.5) is 0 Å². The molecule has 2 atom stereocenters. The van der Waals surface area contributed by atoms with Gasteiger partial charge < -0.3 is 47.6 Å². The highest BCUT2D eigenvalue weighted by atomic mass is 16.5. The van der Waals surface area contributed by atoms with Gasteiger partial charge in [-0.3, -0.25) is 0 Å². The summed E-state index contributed by atoms with van der Waals surface area (Å²) in [5.74, 6) is 0.979. The lowest BCUT2D eigenvalue weighted by atomic mass is 9.84. The van der Waals surface area contributed by atoms with Crippen molar-refractivity contribution in [1.29, 1.82) is 0 Å². The van der Waals surface area contributed by atoms with Crippen LogP contribution in [0.1, 0.15) is 52.3 Å². The molecule has 2 heterocycles. The number of carbonyl (C=O) groups excluding carboxylic acids is 2. The molecule has 3 aromatic rings. The Hall–Kier alpha value is -4.46. The molecule has 0 aromatic heterocycles. The standard InChI is InChI=1S/C43H58N2O10/c1-44(18-15-34-27-35(30-46)36(31-47)28-38(34)39(44)25-33-9-12-40(51-3)41(26-33)52-4)16-5-21-54-42(48)13-14-43(49)55-22-6-17-45(19-23-53-24-20-45)29-32-7-10-37(50-2)11-8-32/h7-14,26-28,39,46-47H,5-6,15-25,29-31H2,1-4H3/q+2/t39-,44-/m1/s1. The second-order valence-corrected chi connectivity index (χ2v) is 14.7. The van der Waals surface area contributed by atoms with Gasteiger partial charge in [-0.15, -0.1) is 0 Å². The fraction of sp³-hybridized carbons (Fsp3) is 0.488. The third-order valence-corrected chi connectivity index (χ3v) is 11.2. The number of fused-ring (bicyclic) bond motifs is 1. The van der Waals surface area contributed by atoms with Gasteiger partial charge >= 0.3 is 11.9 Å².